The van der Waals surface area contributed by atoms with Gasteiger partial charge in [0, 0.05) is 25.2 Å². The summed E-state index contributed by atoms with van der Waals surface area (Å²) in [7, 11) is 0. The number of anilines is 3. The van der Waals surface area contributed by atoms with E-state index in [9.17, 15) is 4.79 Å². The standard InChI is InChI=1S/C13H20N4O/c14-11-2-1-10(8-12(11)15)17-5-3-9(4-6-17)7-13(16)18/h1-2,8-9H,3-7,14-15H2,(H2,16,18). The fourth-order valence-electron chi connectivity index (χ4n) is 2.44. The largest absolute Gasteiger partial charge is 0.397 e. The van der Waals surface area contributed by atoms with Crippen molar-refractivity contribution in [2.24, 2.45) is 11.7 Å². The first-order valence-corrected chi connectivity index (χ1v) is 6.24. The van der Waals surface area contributed by atoms with Crippen molar-refractivity contribution in [2.75, 3.05) is 29.5 Å². The van der Waals surface area contributed by atoms with Crippen LogP contribution in [0, 0.1) is 5.92 Å². The Morgan fingerprint density at radius 2 is 1.89 bits per heavy atom. The SMILES string of the molecule is NC(=O)CC1CCN(c2ccc(N)c(N)c2)CC1. The average molecular weight is 248 g/mol. The molecule has 1 aliphatic rings. The number of primary amides is 1. The highest BCUT2D eigenvalue weighted by Gasteiger charge is 2.20. The number of piperidine rings is 1. The van der Waals surface area contributed by atoms with Crippen LogP contribution in [0.2, 0.25) is 0 Å². The van der Waals surface area contributed by atoms with Crippen LogP contribution in [0.25, 0.3) is 0 Å². The van der Waals surface area contributed by atoms with Crippen LogP contribution in [0.1, 0.15) is 19.3 Å². The molecule has 5 heteroatoms. The maximum Gasteiger partial charge on any atom is 0.217 e. The molecule has 2 rings (SSSR count). The predicted octanol–water partition coefficient (Wildman–Crippen LogP) is 0.943. The highest BCUT2D eigenvalue weighted by atomic mass is 16.1. The maximum absolute atomic E-state index is 10.9. The molecule has 6 N–H and O–H groups in total. The number of carbonyl (C=O) groups excluding carboxylic acids is 1. The lowest BCUT2D eigenvalue weighted by Crippen LogP contribution is -2.35. The van der Waals surface area contributed by atoms with Gasteiger partial charge in [0.2, 0.25) is 5.91 Å². The quantitative estimate of drug-likeness (QED) is 0.693. The summed E-state index contributed by atoms with van der Waals surface area (Å²) in [6.45, 7) is 1.86. The molecule has 0 aromatic heterocycles. The first kappa shape index (κ1) is 12.5. The van der Waals surface area contributed by atoms with Gasteiger partial charge in [-0.25, -0.2) is 0 Å². The summed E-state index contributed by atoms with van der Waals surface area (Å²) in [5.74, 6) is 0.218. The molecule has 5 nitrogen and oxygen atoms in total. The number of hydrogen-bond acceptors (Lipinski definition) is 4. The molecular weight excluding hydrogens is 228 g/mol. The van der Waals surface area contributed by atoms with E-state index in [0.717, 1.165) is 31.6 Å². The van der Waals surface area contributed by atoms with Crippen molar-refractivity contribution in [1.29, 1.82) is 0 Å². The molecule has 98 valence electrons. The summed E-state index contributed by atoms with van der Waals surface area (Å²) in [6, 6.07) is 5.73. The summed E-state index contributed by atoms with van der Waals surface area (Å²) in [4.78, 5) is 13.2. The highest BCUT2D eigenvalue weighted by Crippen LogP contribution is 2.28. The minimum Gasteiger partial charge on any atom is -0.397 e. The molecule has 1 aromatic rings. The zero-order valence-corrected chi connectivity index (χ0v) is 10.4. The first-order valence-electron chi connectivity index (χ1n) is 6.24. The van der Waals surface area contributed by atoms with E-state index in [2.05, 4.69) is 4.90 Å². The molecule has 1 aliphatic heterocycles. The summed E-state index contributed by atoms with van der Waals surface area (Å²) in [5.41, 5.74) is 19.1. The summed E-state index contributed by atoms with van der Waals surface area (Å²) < 4.78 is 0. The Morgan fingerprint density at radius 1 is 1.22 bits per heavy atom. The van der Waals surface area contributed by atoms with Gasteiger partial charge < -0.3 is 22.1 Å². The van der Waals surface area contributed by atoms with Gasteiger partial charge in [0.1, 0.15) is 0 Å². The Morgan fingerprint density at radius 3 is 2.44 bits per heavy atom. The molecule has 1 aromatic carbocycles. The molecule has 0 aliphatic carbocycles. The van der Waals surface area contributed by atoms with E-state index in [4.69, 9.17) is 17.2 Å². The number of carbonyl (C=O) groups is 1. The molecule has 1 heterocycles. The Hall–Kier alpha value is -1.91. The van der Waals surface area contributed by atoms with Crippen LogP contribution in [-0.4, -0.2) is 19.0 Å². The number of nitrogens with two attached hydrogens (primary N) is 3. The van der Waals surface area contributed by atoms with Gasteiger partial charge in [-0.15, -0.1) is 0 Å². The smallest absolute Gasteiger partial charge is 0.217 e. The molecule has 0 radical (unpaired) electrons. The van der Waals surface area contributed by atoms with Crippen LogP contribution >= 0.6 is 0 Å². The topological polar surface area (TPSA) is 98.4 Å². The number of benzene rings is 1. The zero-order valence-electron chi connectivity index (χ0n) is 10.4. The van der Waals surface area contributed by atoms with E-state index in [1.165, 1.54) is 0 Å². The Kier molecular flexibility index (Phi) is 3.60. The molecule has 0 spiro atoms. The van der Waals surface area contributed by atoms with E-state index < -0.39 is 0 Å². The minimum atomic E-state index is -0.204. The van der Waals surface area contributed by atoms with Crippen molar-refractivity contribution in [3.63, 3.8) is 0 Å². The molecule has 1 saturated heterocycles. The van der Waals surface area contributed by atoms with E-state index in [1.807, 2.05) is 18.2 Å². The maximum atomic E-state index is 10.9. The Balaban J connectivity index is 1.96. The fraction of sp³-hybridized carbons (Fsp3) is 0.462. The minimum absolute atomic E-state index is 0.204. The predicted molar refractivity (Wildman–Crippen MR) is 74.0 cm³/mol. The van der Waals surface area contributed by atoms with E-state index in [0.29, 0.717) is 23.7 Å². The molecule has 0 bridgehead atoms. The van der Waals surface area contributed by atoms with Crippen molar-refractivity contribution < 1.29 is 4.79 Å². The molecular formula is C13H20N4O. The van der Waals surface area contributed by atoms with Crippen LogP contribution in [0.15, 0.2) is 18.2 Å². The van der Waals surface area contributed by atoms with Crippen LogP contribution in [-0.2, 0) is 4.79 Å². The van der Waals surface area contributed by atoms with Gasteiger partial charge in [0.05, 0.1) is 11.4 Å². The highest BCUT2D eigenvalue weighted by molar-refractivity contribution is 5.74. The summed E-state index contributed by atoms with van der Waals surface area (Å²) in [6.07, 6.45) is 2.48. The van der Waals surface area contributed by atoms with Crippen molar-refractivity contribution >= 4 is 23.0 Å². The number of nitrogens with zero attached hydrogens (tertiary/aromatic N) is 1. The molecule has 1 fully saturated rings. The normalized spacial score (nSPS) is 16.8. The second kappa shape index (κ2) is 5.16. The van der Waals surface area contributed by atoms with Crippen LogP contribution in [0.3, 0.4) is 0 Å². The lowest BCUT2D eigenvalue weighted by atomic mass is 9.93. The molecule has 0 atom stereocenters. The second-order valence-corrected chi connectivity index (χ2v) is 4.91. The van der Waals surface area contributed by atoms with Crippen LogP contribution < -0.4 is 22.1 Å². The van der Waals surface area contributed by atoms with Gasteiger partial charge in [-0.3, -0.25) is 4.79 Å². The van der Waals surface area contributed by atoms with Crippen LogP contribution in [0.5, 0.6) is 0 Å². The number of rotatable bonds is 3. The lowest BCUT2D eigenvalue weighted by Gasteiger charge is -2.33. The fourth-order valence-corrected chi connectivity index (χ4v) is 2.44. The molecule has 1 amide bonds. The average Bonchev–Trinajstić information content (AvgIpc) is 2.33. The summed E-state index contributed by atoms with van der Waals surface area (Å²) >= 11 is 0. The van der Waals surface area contributed by atoms with Crippen molar-refractivity contribution in [2.45, 2.75) is 19.3 Å². The number of hydrogen-bond donors (Lipinski definition) is 3. The van der Waals surface area contributed by atoms with Gasteiger partial charge >= 0.3 is 0 Å². The van der Waals surface area contributed by atoms with Gasteiger partial charge in [0.15, 0.2) is 0 Å². The van der Waals surface area contributed by atoms with Gasteiger partial charge in [-0.1, -0.05) is 0 Å². The Bertz CT molecular complexity index is 439. The van der Waals surface area contributed by atoms with Crippen molar-refractivity contribution in [3.05, 3.63) is 18.2 Å². The second-order valence-electron chi connectivity index (χ2n) is 4.91. The third-order valence-electron chi connectivity index (χ3n) is 3.54. The molecule has 0 unspecified atom stereocenters. The third-order valence-corrected chi connectivity index (χ3v) is 3.54. The van der Waals surface area contributed by atoms with Gasteiger partial charge in [0.25, 0.3) is 0 Å². The molecule has 18 heavy (non-hydrogen) atoms. The summed E-state index contributed by atoms with van der Waals surface area (Å²) in [5, 5.41) is 0. The van der Waals surface area contributed by atoms with Crippen molar-refractivity contribution in [3.8, 4) is 0 Å². The van der Waals surface area contributed by atoms with Crippen molar-refractivity contribution in [1.82, 2.24) is 0 Å². The van der Waals surface area contributed by atoms with E-state index >= 15 is 0 Å². The number of amides is 1. The first-order chi connectivity index (χ1) is 8.56. The van der Waals surface area contributed by atoms with E-state index in [1.54, 1.807) is 0 Å². The molecule has 0 saturated carbocycles. The zero-order chi connectivity index (χ0) is 13.1. The van der Waals surface area contributed by atoms with Gasteiger partial charge in [-0.2, -0.15) is 0 Å². The lowest BCUT2D eigenvalue weighted by molar-refractivity contribution is -0.119. The Labute approximate surface area is 107 Å². The number of nitrogen functional groups attached to an aromatic ring is 2. The van der Waals surface area contributed by atoms with Crippen LogP contribution in [0.4, 0.5) is 17.1 Å². The monoisotopic (exact) mass is 248 g/mol. The van der Waals surface area contributed by atoms with E-state index in [-0.39, 0.29) is 5.91 Å². The van der Waals surface area contributed by atoms with Gasteiger partial charge in [-0.05, 0) is 37.0 Å². The third kappa shape index (κ3) is 2.85.